The standard InChI is InChI=1S/C21H22BrN3O4/c1-3-9-25-20(24-16-8-6-5-7-14(16)21(25)27)13-10-15(22)19(29-12-18(23)26)17(11-13)28-4-2/h3,5-8,10-11,20,24H,1,4,9,12H2,2H3,(H2,23,26)/t20-/m1/s1. The highest BCUT2D eigenvalue weighted by atomic mass is 79.9. The van der Waals surface area contributed by atoms with E-state index in [1.807, 2.05) is 31.2 Å². The number of carbonyl (C=O) groups is 2. The van der Waals surface area contributed by atoms with Gasteiger partial charge in [-0.2, -0.15) is 0 Å². The summed E-state index contributed by atoms with van der Waals surface area (Å²) in [5.41, 5.74) is 7.34. The van der Waals surface area contributed by atoms with Crippen LogP contribution in [0.3, 0.4) is 0 Å². The van der Waals surface area contributed by atoms with Gasteiger partial charge in [-0.3, -0.25) is 9.59 Å². The van der Waals surface area contributed by atoms with Crippen LogP contribution in [0.4, 0.5) is 5.69 Å². The second-order valence-corrected chi connectivity index (χ2v) is 7.21. The number of primary amides is 1. The maximum absolute atomic E-state index is 13.0. The average Bonchev–Trinajstić information content (AvgIpc) is 2.69. The van der Waals surface area contributed by atoms with Crippen LogP contribution in [0.5, 0.6) is 11.5 Å². The van der Waals surface area contributed by atoms with Crippen LogP contribution in [0, 0.1) is 0 Å². The van der Waals surface area contributed by atoms with Crippen LogP contribution >= 0.6 is 15.9 Å². The van der Waals surface area contributed by atoms with E-state index in [2.05, 4.69) is 27.8 Å². The number of benzene rings is 2. The van der Waals surface area contributed by atoms with Crippen LogP contribution in [-0.2, 0) is 4.79 Å². The molecule has 2 amide bonds. The van der Waals surface area contributed by atoms with Crippen molar-refractivity contribution in [2.75, 3.05) is 25.1 Å². The predicted molar refractivity (Wildman–Crippen MR) is 114 cm³/mol. The van der Waals surface area contributed by atoms with Gasteiger partial charge >= 0.3 is 0 Å². The number of amides is 2. The first-order valence-corrected chi connectivity index (χ1v) is 9.90. The van der Waals surface area contributed by atoms with E-state index in [9.17, 15) is 9.59 Å². The Bertz CT molecular complexity index is 948. The van der Waals surface area contributed by atoms with Gasteiger partial charge in [0.05, 0.1) is 16.6 Å². The minimum Gasteiger partial charge on any atom is -0.490 e. The van der Waals surface area contributed by atoms with Crippen molar-refractivity contribution in [3.05, 3.63) is 64.7 Å². The quantitative estimate of drug-likeness (QED) is 0.589. The second kappa shape index (κ2) is 9.00. The first-order chi connectivity index (χ1) is 14.0. The molecule has 0 saturated heterocycles. The summed E-state index contributed by atoms with van der Waals surface area (Å²) in [6, 6.07) is 11.0. The number of nitrogens with two attached hydrogens (primary N) is 1. The Morgan fingerprint density at radius 1 is 1.34 bits per heavy atom. The molecular weight excluding hydrogens is 438 g/mol. The molecule has 0 bridgehead atoms. The maximum atomic E-state index is 13.0. The van der Waals surface area contributed by atoms with Gasteiger partial charge < -0.3 is 25.4 Å². The van der Waals surface area contributed by atoms with Crippen LogP contribution in [0.15, 0.2) is 53.5 Å². The van der Waals surface area contributed by atoms with E-state index in [1.54, 1.807) is 23.1 Å². The lowest BCUT2D eigenvalue weighted by molar-refractivity contribution is -0.119. The molecule has 0 saturated carbocycles. The predicted octanol–water partition coefficient (Wildman–Crippen LogP) is 3.46. The van der Waals surface area contributed by atoms with E-state index >= 15 is 0 Å². The minimum absolute atomic E-state index is 0.0904. The highest BCUT2D eigenvalue weighted by Crippen LogP contribution is 2.41. The van der Waals surface area contributed by atoms with Gasteiger partial charge in [-0.1, -0.05) is 18.2 Å². The summed E-state index contributed by atoms with van der Waals surface area (Å²) in [5, 5.41) is 3.41. The maximum Gasteiger partial charge on any atom is 0.258 e. The molecule has 152 valence electrons. The average molecular weight is 460 g/mol. The monoisotopic (exact) mass is 459 g/mol. The Hall–Kier alpha value is -3.00. The number of rotatable bonds is 8. The van der Waals surface area contributed by atoms with E-state index in [1.165, 1.54) is 0 Å². The first kappa shape index (κ1) is 20.7. The normalized spacial score (nSPS) is 15.3. The Labute approximate surface area is 177 Å². The van der Waals surface area contributed by atoms with Gasteiger partial charge in [0, 0.05) is 12.2 Å². The van der Waals surface area contributed by atoms with Gasteiger partial charge in [0.1, 0.15) is 6.17 Å². The number of fused-ring (bicyclic) bond motifs is 1. The molecule has 1 aliphatic rings. The zero-order valence-electron chi connectivity index (χ0n) is 16.0. The number of anilines is 1. The van der Waals surface area contributed by atoms with E-state index in [4.69, 9.17) is 15.2 Å². The summed E-state index contributed by atoms with van der Waals surface area (Å²) >= 11 is 3.48. The van der Waals surface area contributed by atoms with E-state index in [0.29, 0.717) is 34.7 Å². The Morgan fingerprint density at radius 3 is 2.79 bits per heavy atom. The highest BCUT2D eigenvalue weighted by molar-refractivity contribution is 9.10. The lowest BCUT2D eigenvalue weighted by atomic mass is 10.0. The van der Waals surface area contributed by atoms with Crippen molar-refractivity contribution in [2.45, 2.75) is 13.1 Å². The van der Waals surface area contributed by atoms with Gasteiger partial charge in [0.25, 0.3) is 11.8 Å². The molecule has 0 aromatic heterocycles. The van der Waals surface area contributed by atoms with Crippen LogP contribution in [0.25, 0.3) is 0 Å². The van der Waals surface area contributed by atoms with Crippen molar-refractivity contribution in [3.8, 4) is 11.5 Å². The van der Waals surface area contributed by atoms with E-state index < -0.39 is 12.1 Å². The van der Waals surface area contributed by atoms with Gasteiger partial charge in [-0.05, 0) is 52.7 Å². The molecule has 29 heavy (non-hydrogen) atoms. The molecule has 2 aromatic rings. The zero-order valence-corrected chi connectivity index (χ0v) is 17.6. The first-order valence-electron chi connectivity index (χ1n) is 9.11. The molecule has 2 aromatic carbocycles. The molecule has 0 aliphatic carbocycles. The molecule has 7 nitrogen and oxygen atoms in total. The number of nitrogens with zero attached hydrogens (tertiary/aromatic N) is 1. The fourth-order valence-corrected chi connectivity index (χ4v) is 3.75. The number of ether oxygens (including phenoxy) is 2. The number of hydrogen-bond acceptors (Lipinski definition) is 5. The lowest BCUT2D eigenvalue weighted by Gasteiger charge is -2.38. The Kier molecular flexibility index (Phi) is 6.43. The highest BCUT2D eigenvalue weighted by Gasteiger charge is 2.33. The molecule has 1 heterocycles. The lowest BCUT2D eigenvalue weighted by Crippen LogP contribution is -2.43. The van der Waals surface area contributed by atoms with Crippen LogP contribution in [-0.4, -0.2) is 36.5 Å². The number of nitrogens with one attached hydrogen (secondary N) is 1. The number of halogens is 1. The van der Waals surface area contributed by atoms with E-state index in [0.717, 1.165) is 11.3 Å². The van der Waals surface area contributed by atoms with Crippen molar-refractivity contribution in [1.29, 1.82) is 0 Å². The summed E-state index contributed by atoms with van der Waals surface area (Å²) in [7, 11) is 0. The molecule has 1 aliphatic heterocycles. The van der Waals surface area contributed by atoms with Gasteiger partial charge in [-0.25, -0.2) is 0 Å². The Morgan fingerprint density at radius 2 is 2.10 bits per heavy atom. The molecule has 1 atom stereocenters. The van der Waals surface area contributed by atoms with Crippen molar-refractivity contribution in [2.24, 2.45) is 5.73 Å². The molecule has 0 radical (unpaired) electrons. The smallest absolute Gasteiger partial charge is 0.258 e. The summed E-state index contributed by atoms with van der Waals surface area (Å²) in [6.45, 7) is 6.12. The molecule has 0 unspecified atom stereocenters. The third-order valence-corrected chi connectivity index (χ3v) is 4.94. The summed E-state index contributed by atoms with van der Waals surface area (Å²) in [4.78, 5) is 25.9. The molecule has 8 heteroatoms. The van der Waals surface area contributed by atoms with Crippen molar-refractivity contribution in [1.82, 2.24) is 4.90 Å². The third kappa shape index (κ3) is 4.37. The fourth-order valence-electron chi connectivity index (χ4n) is 3.18. The minimum atomic E-state index is -0.586. The SMILES string of the molecule is C=CCN1C(=O)c2ccccc2N[C@H]1c1cc(Br)c(OCC(N)=O)c(OCC)c1. The van der Waals surface area contributed by atoms with Gasteiger partial charge in [0.2, 0.25) is 0 Å². The second-order valence-electron chi connectivity index (χ2n) is 6.36. The van der Waals surface area contributed by atoms with Gasteiger partial charge in [-0.15, -0.1) is 6.58 Å². The van der Waals surface area contributed by atoms with Crippen LogP contribution in [0.1, 0.15) is 29.0 Å². The molecule has 3 rings (SSSR count). The van der Waals surface area contributed by atoms with E-state index in [-0.39, 0.29) is 12.5 Å². The number of hydrogen-bond donors (Lipinski definition) is 2. The third-order valence-electron chi connectivity index (χ3n) is 4.35. The fraction of sp³-hybridized carbons (Fsp3) is 0.238. The molecule has 3 N–H and O–H groups in total. The summed E-state index contributed by atoms with van der Waals surface area (Å²) in [5.74, 6) is 0.154. The largest absolute Gasteiger partial charge is 0.490 e. The number of carbonyl (C=O) groups excluding carboxylic acids is 2. The summed E-state index contributed by atoms with van der Waals surface area (Å²) in [6.07, 6.45) is 1.25. The molecule has 0 spiro atoms. The van der Waals surface area contributed by atoms with Crippen molar-refractivity contribution < 1.29 is 19.1 Å². The topological polar surface area (TPSA) is 93.9 Å². The zero-order chi connectivity index (χ0) is 21.0. The van der Waals surface area contributed by atoms with Gasteiger partial charge in [0.15, 0.2) is 18.1 Å². The van der Waals surface area contributed by atoms with Crippen molar-refractivity contribution >= 4 is 33.4 Å². The van der Waals surface area contributed by atoms with Crippen LogP contribution < -0.4 is 20.5 Å². The molecular formula is C21H22BrN3O4. The van der Waals surface area contributed by atoms with Crippen LogP contribution in [0.2, 0.25) is 0 Å². The number of para-hydroxylation sites is 1. The Balaban J connectivity index is 2.04. The molecule has 0 fully saturated rings. The van der Waals surface area contributed by atoms with Crippen molar-refractivity contribution in [3.63, 3.8) is 0 Å². The summed E-state index contributed by atoms with van der Waals surface area (Å²) < 4.78 is 11.8.